The molecule has 0 saturated heterocycles. The van der Waals surface area contributed by atoms with Crippen molar-refractivity contribution in [2.45, 2.75) is 89.4 Å². The van der Waals surface area contributed by atoms with Gasteiger partial charge in [0.15, 0.2) is 17.8 Å². The highest BCUT2D eigenvalue weighted by molar-refractivity contribution is 9.10. The van der Waals surface area contributed by atoms with Gasteiger partial charge in [-0.15, -0.1) is 0 Å². The van der Waals surface area contributed by atoms with Gasteiger partial charge in [-0.05, 0) is 65.2 Å². The lowest BCUT2D eigenvalue weighted by Gasteiger charge is -2.31. The van der Waals surface area contributed by atoms with Crippen LogP contribution < -0.4 is 4.90 Å². The van der Waals surface area contributed by atoms with E-state index in [1.54, 1.807) is 12.3 Å². The van der Waals surface area contributed by atoms with Crippen molar-refractivity contribution in [2.75, 3.05) is 31.6 Å². The van der Waals surface area contributed by atoms with Crippen LogP contribution in [-0.4, -0.2) is 68.7 Å². The number of hydrogen-bond donors (Lipinski definition) is 0. The maximum atomic E-state index is 11.3. The van der Waals surface area contributed by atoms with Crippen molar-refractivity contribution in [3.05, 3.63) is 40.4 Å². The third kappa shape index (κ3) is 8.22. The number of carbonyl (C=O) groups is 1. The summed E-state index contributed by atoms with van der Waals surface area (Å²) >= 11 is 4.05. The van der Waals surface area contributed by atoms with Crippen molar-refractivity contribution in [3.63, 3.8) is 0 Å². The van der Waals surface area contributed by atoms with Crippen LogP contribution in [0.2, 0.25) is 51.4 Å². The number of aromatic nitrogens is 4. The molecule has 3 heterocycles. The van der Waals surface area contributed by atoms with E-state index in [2.05, 4.69) is 65.1 Å². The Morgan fingerprint density at radius 1 is 0.953 bits per heavy atom. The molecule has 43 heavy (non-hydrogen) atoms. The van der Waals surface area contributed by atoms with Crippen LogP contribution in [0.1, 0.15) is 54.2 Å². The SMILES string of the molecule is C[Si](C)(C)CCOCN(COCC[Si](C)(C)C)c1c(Br)c([C@H]2C[C@@H]3CC[C@@H](C3)C2)nc2c(-c3ccc(C=O)nc3)cnn12. The zero-order valence-electron chi connectivity index (χ0n) is 26.7. The molecule has 2 aliphatic carbocycles. The third-order valence-corrected chi connectivity index (χ3v) is 13.0. The molecular weight excluding hydrogens is 638 g/mol. The van der Waals surface area contributed by atoms with Crippen LogP contribution in [0.15, 0.2) is 29.0 Å². The number of aldehydes is 1. The summed E-state index contributed by atoms with van der Waals surface area (Å²) < 4.78 is 15.6. The first-order valence-electron chi connectivity index (χ1n) is 15.8. The summed E-state index contributed by atoms with van der Waals surface area (Å²) in [7, 11) is -2.46. The van der Waals surface area contributed by atoms with Crippen LogP contribution in [0.4, 0.5) is 5.82 Å². The van der Waals surface area contributed by atoms with Gasteiger partial charge in [0, 0.05) is 52.6 Å². The first kappa shape index (κ1) is 32.5. The fraction of sp³-hybridized carbons (Fsp3) is 0.625. The summed E-state index contributed by atoms with van der Waals surface area (Å²) in [5.41, 5.74) is 4.10. The number of nitrogens with zero attached hydrogens (tertiary/aromatic N) is 5. The zero-order valence-corrected chi connectivity index (χ0v) is 30.3. The number of ether oxygens (including phenoxy) is 2. The van der Waals surface area contributed by atoms with Gasteiger partial charge in [0.2, 0.25) is 0 Å². The molecule has 0 unspecified atom stereocenters. The van der Waals surface area contributed by atoms with Crippen LogP contribution in [0, 0.1) is 11.8 Å². The Balaban J connectivity index is 1.55. The van der Waals surface area contributed by atoms with Gasteiger partial charge in [-0.2, -0.15) is 9.61 Å². The van der Waals surface area contributed by atoms with Crippen molar-refractivity contribution < 1.29 is 14.3 Å². The second-order valence-corrected chi connectivity index (χ2v) is 27.0. The van der Waals surface area contributed by atoms with Gasteiger partial charge in [0.1, 0.15) is 19.2 Å². The number of hydrogen-bond acceptors (Lipinski definition) is 7. The van der Waals surface area contributed by atoms with Crippen LogP contribution in [0.5, 0.6) is 0 Å². The standard InChI is InChI=1S/C32H48BrN5O3Si2/c1-42(2,3)13-11-40-21-37(22-41-12-14-43(4,5)6)32-29(33)30(26-16-23-7-8-24(15-23)17-26)36-31-28(19-35-38(31)32)25-9-10-27(20-39)34-18-25/h9-10,18-20,23-24,26H,7-8,11-17,21-22H2,1-6H3/t23-,24+,26+. The van der Waals surface area contributed by atoms with Crippen molar-refractivity contribution in [2.24, 2.45) is 11.8 Å². The summed E-state index contributed by atoms with van der Waals surface area (Å²) in [4.78, 5) is 23.1. The minimum Gasteiger partial charge on any atom is -0.361 e. The largest absolute Gasteiger partial charge is 0.361 e. The van der Waals surface area contributed by atoms with E-state index in [4.69, 9.17) is 19.6 Å². The summed E-state index contributed by atoms with van der Waals surface area (Å²) in [5, 5.41) is 4.87. The molecular formula is C32H48BrN5O3Si2. The lowest BCUT2D eigenvalue weighted by atomic mass is 9.79. The lowest BCUT2D eigenvalue weighted by Crippen LogP contribution is -2.34. The number of pyridine rings is 1. The molecule has 0 N–H and O–H groups in total. The molecule has 5 rings (SSSR count). The van der Waals surface area contributed by atoms with Crippen molar-refractivity contribution in [3.8, 4) is 11.1 Å². The van der Waals surface area contributed by atoms with Crippen LogP contribution >= 0.6 is 15.9 Å². The first-order chi connectivity index (χ1) is 20.4. The summed E-state index contributed by atoms with van der Waals surface area (Å²) in [6, 6.07) is 5.89. The average Bonchev–Trinajstić information content (AvgIpc) is 3.52. The highest BCUT2D eigenvalue weighted by Crippen LogP contribution is 2.50. The normalized spacial score (nSPS) is 20.6. The molecule has 2 saturated carbocycles. The van der Waals surface area contributed by atoms with E-state index in [0.717, 1.165) is 76.2 Å². The van der Waals surface area contributed by atoms with Crippen LogP contribution in [0.25, 0.3) is 16.8 Å². The van der Waals surface area contributed by atoms with Gasteiger partial charge < -0.3 is 14.4 Å². The Hall–Kier alpha value is -1.93. The third-order valence-electron chi connectivity index (χ3n) is 8.87. The molecule has 11 heteroatoms. The monoisotopic (exact) mass is 685 g/mol. The van der Waals surface area contributed by atoms with Crippen molar-refractivity contribution >= 4 is 49.8 Å². The van der Waals surface area contributed by atoms with Crippen LogP contribution in [0.3, 0.4) is 0 Å². The Bertz CT molecular complexity index is 1370. The molecule has 0 aliphatic heterocycles. The summed E-state index contributed by atoms with van der Waals surface area (Å²) in [6.45, 7) is 16.5. The van der Waals surface area contributed by atoms with Gasteiger partial charge in [-0.25, -0.2) is 4.98 Å². The molecule has 0 aromatic carbocycles. The smallest absolute Gasteiger partial charge is 0.168 e. The molecule has 2 fully saturated rings. The van der Waals surface area contributed by atoms with Crippen molar-refractivity contribution in [1.82, 2.24) is 19.6 Å². The van der Waals surface area contributed by atoms with Crippen molar-refractivity contribution in [1.29, 1.82) is 0 Å². The topological polar surface area (TPSA) is 81.9 Å². The number of fused-ring (bicyclic) bond motifs is 3. The van der Waals surface area contributed by atoms with E-state index in [9.17, 15) is 4.79 Å². The van der Waals surface area contributed by atoms with Gasteiger partial charge in [0.05, 0.1) is 16.4 Å². The fourth-order valence-corrected chi connectivity index (χ4v) is 8.70. The van der Waals surface area contributed by atoms with Gasteiger partial charge in [-0.3, -0.25) is 9.78 Å². The Labute approximate surface area is 267 Å². The molecule has 8 nitrogen and oxygen atoms in total. The maximum absolute atomic E-state index is 11.3. The zero-order chi connectivity index (χ0) is 30.8. The minimum atomic E-state index is -1.23. The average molecular weight is 687 g/mol. The second kappa shape index (κ2) is 13.6. The fourth-order valence-electron chi connectivity index (χ4n) is 6.35. The van der Waals surface area contributed by atoms with E-state index >= 15 is 0 Å². The van der Waals surface area contributed by atoms with Gasteiger partial charge in [-0.1, -0.05) is 58.2 Å². The van der Waals surface area contributed by atoms with Crippen LogP contribution in [-0.2, 0) is 9.47 Å². The number of halogens is 1. The second-order valence-electron chi connectivity index (χ2n) is 15.0. The predicted molar refractivity (Wildman–Crippen MR) is 183 cm³/mol. The number of carbonyl (C=O) groups excluding carboxylic acids is 1. The van der Waals surface area contributed by atoms with E-state index in [1.165, 1.54) is 32.1 Å². The van der Waals surface area contributed by atoms with E-state index in [-0.39, 0.29) is 0 Å². The Kier molecular flexibility index (Phi) is 10.3. The molecule has 0 amide bonds. The van der Waals surface area contributed by atoms with Gasteiger partial charge in [0.25, 0.3) is 0 Å². The summed E-state index contributed by atoms with van der Waals surface area (Å²) in [6.07, 6.45) is 10.8. The van der Waals surface area contributed by atoms with E-state index in [0.29, 0.717) is 25.1 Å². The molecule has 0 radical (unpaired) electrons. The molecule has 234 valence electrons. The molecule has 0 spiro atoms. The quantitative estimate of drug-likeness (QED) is 0.0734. The Morgan fingerprint density at radius 3 is 2.12 bits per heavy atom. The molecule has 2 bridgehead atoms. The molecule has 2 aliphatic rings. The molecule has 3 atom stereocenters. The summed E-state index contributed by atoms with van der Waals surface area (Å²) in [5.74, 6) is 2.88. The Morgan fingerprint density at radius 2 is 1.58 bits per heavy atom. The number of anilines is 1. The lowest BCUT2D eigenvalue weighted by molar-refractivity contribution is 0.0941. The first-order valence-corrected chi connectivity index (χ1v) is 24.0. The minimum absolute atomic E-state index is 0.394. The molecule has 3 aromatic heterocycles. The highest BCUT2D eigenvalue weighted by atomic mass is 79.9. The highest BCUT2D eigenvalue weighted by Gasteiger charge is 2.37. The maximum Gasteiger partial charge on any atom is 0.168 e. The predicted octanol–water partition coefficient (Wildman–Crippen LogP) is 8.09. The van der Waals surface area contributed by atoms with Gasteiger partial charge >= 0.3 is 0 Å². The van der Waals surface area contributed by atoms with E-state index < -0.39 is 16.1 Å². The molecule has 3 aromatic rings. The van der Waals surface area contributed by atoms with E-state index in [1.807, 2.05) is 16.8 Å². The number of rotatable bonds is 14.